The standard InChI is InChI=1S/C21H21F3N4O/c22-21(23,24)19-17(9-11-28-18(12-14-6-7-14)25-26-20(19)28)27-10-8-16(13-27)29-15-4-2-1-3-5-15/h1-5,9,11,14,16H,6-8,10,12-13H2/t16-/m0/s1. The fourth-order valence-corrected chi connectivity index (χ4v) is 3.98. The summed E-state index contributed by atoms with van der Waals surface area (Å²) in [5, 5.41) is 7.98. The average molecular weight is 402 g/mol. The molecule has 1 aliphatic heterocycles. The maximum atomic E-state index is 14.0. The number of hydrogen-bond donors (Lipinski definition) is 0. The lowest BCUT2D eigenvalue weighted by Gasteiger charge is -2.23. The van der Waals surface area contributed by atoms with E-state index in [2.05, 4.69) is 10.2 Å². The van der Waals surface area contributed by atoms with Crippen molar-refractivity contribution in [1.82, 2.24) is 14.6 Å². The number of para-hydroxylation sites is 1. The maximum Gasteiger partial charge on any atom is 0.422 e. The number of aromatic nitrogens is 3. The summed E-state index contributed by atoms with van der Waals surface area (Å²) in [6, 6.07) is 10.9. The number of pyridine rings is 1. The second-order valence-electron chi connectivity index (χ2n) is 7.82. The molecule has 0 amide bonds. The van der Waals surface area contributed by atoms with Crippen LogP contribution in [-0.4, -0.2) is 33.8 Å². The zero-order chi connectivity index (χ0) is 20.0. The minimum Gasteiger partial charge on any atom is -0.489 e. The smallest absolute Gasteiger partial charge is 0.422 e. The van der Waals surface area contributed by atoms with Gasteiger partial charge in [0, 0.05) is 25.6 Å². The number of nitrogens with zero attached hydrogens (tertiary/aromatic N) is 4. The van der Waals surface area contributed by atoms with E-state index in [0.717, 1.165) is 18.6 Å². The van der Waals surface area contributed by atoms with Crippen molar-refractivity contribution in [3.8, 4) is 5.75 Å². The molecule has 0 bridgehead atoms. The van der Waals surface area contributed by atoms with E-state index in [9.17, 15) is 13.2 Å². The molecule has 8 heteroatoms. The lowest BCUT2D eigenvalue weighted by atomic mass is 10.2. The lowest BCUT2D eigenvalue weighted by Crippen LogP contribution is -2.27. The van der Waals surface area contributed by atoms with E-state index in [4.69, 9.17) is 4.74 Å². The minimum absolute atomic E-state index is 0.113. The van der Waals surface area contributed by atoms with Crippen LogP contribution in [-0.2, 0) is 12.6 Å². The Labute approximate surface area is 166 Å². The molecule has 1 atom stereocenters. The molecule has 0 unspecified atom stereocenters. The van der Waals surface area contributed by atoms with E-state index >= 15 is 0 Å². The van der Waals surface area contributed by atoms with Gasteiger partial charge < -0.3 is 9.64 Å². The van der Waals surface area contributed by atoms with Crippen LogP contribution in [0.25, 0.3) is 5.65 Å². The van der Waals surface area contributed by atoms with Gasteiger partial charge in [-0.15, -0.1) is 10.2 Å². The Bertz CT molecular complexity index is 1010. The van der Waals surface area contributed by atoms with Gasteiger partial charge in [0.1, 0.15) is 23.2 Å². The van der Waals surface area contributed by atoms with Crippen LogP contribution in [0.1, 0.15) is 30.7 Å². The van der Waals surface area contributed by atoms with E-state index < -0.39 is 11.7 Å². The molecule has 0 spiro atoms. The highest BCUT2D eigenvalue weighted by Crippen LogP contribution is 2.41. The highest BCUT2D eigenvalue weighted by Gasteiger charge is 2.40. The van der Waals surface area contributed by atoms with E-state index in [0.29, 0.717) is 37.7 Å². The van der Waals surface area contributed by atoms with Gasteiger partial charge in [0.05, 0.1) is 12.2 Å². The SMILES string of the molecule is FC(F)(F)c1c(N2CC[C@H](Oc3ccccc3)C2)ccn2c(CC3CC3)nnc12. The molecule has 2 fully saturated rings. The largest absolute Gasteiger partial charge is 0.489 e. The molecule has 152 valence electrons. The first-order valence-electron chi connectivity index (χ1n) is 9.89. The second kappa shape index (κ2) is 6.93. The van der Waals surface area contributed by atoms with Gasteiger partial charge >= 0.3 is 6.18 Å². The molecule has 3 aromatic rings. The second-order valence-corrected chi connectivity index (χ2v) is 7.82. The van der Waals surface area contributed by atoms with Crippen LogP contribution in [0.2, 0.25) is 0 Å². The van der Waals surface area contributed by atoms with E-state index in [-0.39, 0.29) is 17.4 Å². The van der Waals surface area contributed by atoms with E-state index in [1.54, 1.807) is 17.2 Å². The number of fused-ring (bicyclic) bond motifs is 1. The fraction of sp³-hybridized carbons (Fsp3) is 0.429. The van der Waals surface area contributed by atoms with Crippen molar-refractivity contribution >= 4 is 11.3 Å². The van der Waals surface area contributed by atoms with Crippen LogP contribution in [0, 0.1) is 5.92 Å². The highest BCUT2D eigenvalue weighted by molar-refractivity contribution is 5.67. The van der Waals surface area contributed by atoms with Crippen LogP contribution >= 0.6 is 0 Å². The first-order chi connectivity index (χ1) is 14.0. The number of rotatable bonds is 5. The molecule has 5 rings (SSSR count). The summed E-state index contributed by atoms with van der Waals surface area (Å²) in [6.45, 7) is 0.900. The maximum absolute atomic E-state index is 14.0. The number of benzene rings is 1. The summed E-state index contributed by atoms with van der Waals surface area (Å²) in [5.41, 5.74) is -0.678. The predicted molar refractivity (Wildman–Crippen MR) is 102 cm³/mol. The summed E-state index contributed by atoms with van der Waals surface area (Å²) >= 11 is 0. The summed E-state index contributed by atoms with van der Waals surface area (Å²) in [6.07, 6.45) is 0.554. The zero-order valence-electron chi connectivity index (χ0n) is 15.8. The summed E-state index contributed by atoms with van der Waals surface area (Å²) in [5.74, 6) is 1.85. The Morgan fingerprint density at radius 1 is 1.03 bits per heavy atom. The summed E-state index contributed by atoms with van der Waals surface area (Å²) in [7, 11) is 0. The third-order valence-corrected chi connectivity index (χ3v) is 5.61. The predicted octanol–water partition coefficient (Wildman–Crippen LogP) is 4.36. The molecular formula is C21H21F3N4O. The van der Waals surface area contributed by atoms with Crippen molar-refractivity contribution in [1.29, 1.82) is 0 Å². The van der Waals surface area contributed by atoms with Crippen molar-refractivity contribution in [2.45, 2.75) is 38.0 Å². The third kappa shape index (κ3) is 3.63. The van der Waals surface area contributed by atoms with Crippen molar-refractivity contribution in [2.75, 3.05) is 18.0 Å². The molecule has 1 saturated carbocycles. The number of hydrogen-bond acceptors (Lipinski definition) is 4. The molecular weight excluding hydrogens is 381 g/mol. The first kappa shape index (κ1) is 18.3. The Balaban J connectivity index is 1.45. The number of anilines is 1. The number of ether oxygens (including phenoxy) is 1. The molecule has 29 heavy (non-hydrogen) atoms. The number of halogens is 3. The third-order valence-electron chi connectivity index (χ3n) is 5.61. The molecule has 2 aliphatic rings. The zero-order valence-corrected chi connectivity index (χ0v) is 15.8. The van der Waals surface area contributed by atoms with Gasteiger partial charge in [-0.05, 0) is 37.0 Å². The van der Waals surface area contributed by atoms with Gasteiger partial charge in [-0.3, -0.25) is 4.40 Å². The van der Waals surface area contributed by atoms with Gasteiger partial charge in [0.2, 0.25) is 0 Å². The normalized spacial score (nSPS) is 19.8. The van der Waals surface area contributed by atoms with E-state index in [1.165, 1.54) is 4.40 Å². The first-order valence-corrected chi connectivity index (χ1v) is 9.89. The van der Waals surface area contributed by atoms with Crippen LogP contribution in [0.4, 0.5) is 18.9 Å². The van der Waals surface area contributed by atoms with Crippen LogP contribution in [0.15, 0.2) is 42.6 Å². The Morgan fingerprint density at radius 2 is 1.83 bits per heavy atom. The molecule has 0 radical (unpaired) electrons. The molecule has 5 nitrogen and oxygen atoms in total. The Kier molecular flexibility index (Phi) is 4.37. The lowest BCUT2D eigenvalue weighted by molar-refractivity contribution is -0.136. The topological polar surface area (TPSA) is 42.7 Å². The molecule has 1 saturated heterocycles. The van der Waals surface area contributed by atoms with Gasteiger partial charge in [-0.25, -0.2) is 0 Å². The summed E-state index contributed by atoms with van der Waals surface area (Å²) < 4.78 is 49.5. The van der Waals surface area contributed by atoms with Crippen molar-refractivity contribution in [2.24, 2.45) is 5.92 Å². The van der Waals surface area contributed by atoms with Gasteiger partial charge in [-0.2, -0.15) is 13.2 Å². The quantitative estimate of drug-likeness (QED) is 0.636. The van der Waals surface area contributed by atoms with E-state index in [1.807, 2.05) is 30.3 Å². The highest BCUT2D eigenvalue weighted by atomic mass is 19.4. The molecule has 0 N–H and O–H groups in total. The number of alkyl halides is 3. The van der Waals surface area contributed by atoms with Crippen molar-refractivity contribution < 1.29 is 17.9 Å². The molecule has 1 aliphatic carbocycles. The van der Waals surface area contributed by atoms with Crippen LogP contribution in [0.3, 0.4) is 0 Å². The Morgan fingerprint density at radius 3 is 2.55 bits per heavy atom. The van der Waals surface area contributed by atoms with Crippen molar-refractivity contribution in [3.05, 3.63) is 54.0 Å². The molecule has 1 aromatic carbocycles. The van der Waals surface area contributed by atoms with Gasteiger partial charge in [0.15, 0.2) is 5.65 Å². The molecule has 3 heterocycles. The average Bonchev–Trinajstić information content (AvgIpc) is 3.24. The van der Waals surface area contributed by atoms with Crippen LogP contribution < -0.4 is 9.64 Å². The summed E-state index contributed by atoms with van der Waals surface area (Å²) in [4.78, 5) is 1.74. The van der Waals surface area contributed by atoms with Crippen molar-refractivity contribution in [3.63, 3.8) is 0 Å². The van der Waals surface area contributed by atoms with Gasteiger partial charge in [-0.1, -0.05) is 18.2 Å². The van der Waals surface area contributed by atoms with Gasteiger partial charge in [0.25, 0.3) is 0 Å². The fourth-order valence-electron chi connectivity index (χ4n) is 3.98. The minimum atomic E-state index is -4.51. The van der Waals surface area contributed by atoms with Crippen LogP contribution in [0.5, 0.6) is 5.75 Å². The molecule has 2 aromatic heterocycles. The Hall–Kier alpha value is -2.77. The monoisotopic (exact) mass is 402 g/mol.